The van der Waals surface area contributed by atoms with Gasteiger partial charge in [-0.2, -0.15) is 0 Å². The second-order valence-corrected chi connectivity index (χ2v) is 7.35. The first-order chi connectivity index (χ1) is 11.7. The third-order valence-corrected chi connectivity index (χ3v) is 5.91. The lowest BCUT2D eigenvalue weighted by Gasteiger charge is -2.26. The van der Waals surface area contributed by atoms with Gasteiger partial charge < -0.3 is 14.4 Å². The Hall–Kier alpha value is -1.59. The van der Waals surface area contributed by atoms with E-state index in [-0.39, 0.29) is 5.41 Å². The summed E-state index contributed by atoms with van der Waals surface area (Å²) >= 11 is 0. The SMILES string of the molecule is COc1cccc(CN2CC[C@@]3(CCN([C@@H]4CCOC4)C3)C2=O)c1. The van der Waals surface area contributed by atoms with Crippen LogP contribution in [-0.4, -0.2) is 61.7 Å². The van der Waals surface area contributed by atoms with Crippen molar-refractivity contribution in [1.29, 1.82) is 0 Å². The smallest absolute Gasteiger partial charge is 0.230 e. The number of nitrogens with zero attached hydrogens (tertiary/aromatic N) is 2. The van der Waals surface area contributed by atoms with Crippen molar-refractivity contribution >= 4 is 5.91 Å². The molecule has 0 unspecified atom stereocenters. The van der Waals surface area contributed by atoms with Gasteiger partial charge in [0.05, 0.1) is 19.1 Å². The highest BCUT2D eigenvalue weighted by Crippen LogP contribution is 2.42. The van der Waals surface area contributed by atoms with Crippen molar-refractivity contribution in [3.05, 3.63) is 29.8 Å². The van der Waals surface area contributed by atoms with Gasteiger partial charge in [0.15, 0.2) is 0 Å². The third-order valence-electron chi connectivity index (χ3n) is 5.91. The van der Waals surface area contributed by atoms with Crippen LogP contribution >= 0.6 is 0 Å². The molecule has 0 aromatic heterocycles. The van der Waals surface area contributed by atoms with Gasteiger partial charge in [0.25, 0.3) is 0 Å². The molecule has 0 radical (unpaired) electrons. The fourth-order valence-corrected chi connectivity index (χ4v) is 4.44. The zero-order valence-electron chi connectivity index (χ0n) is 14.4. The van der Waals surface area contributed by atoms with Crippen LogP contribution in [0.4, 0.5) is 0 Å². The molecule has 3 heterocycles. The summed E-state index contributed by atoms with van der Waals surface area (Å²) in [5.74, 6) is 1.19. The molecular weight excluding hydrogens is 304 g/mol. The second-order valence-electron chi connectivity index (χ2n) is 7.35. The molecule has 2 atom stereocenters. The highest BCUT2D eigenvalue weighted by Gasteiger charge is 2.51. The highest BCUT2D eigenvalue weighted by atomic mass is 16.5. The Balaban J connectivity index is 1.42. The molecular formula is C19H26N2O3. The Morgan fingerprint density at radius 1 is 1.33 bits per heavy atom. The van der Waals surface area contributed by atoms with E-state index >= 15 is 0 Å². The quantitative estimate of drug-likeness (QED) is 0.846. The minimum absolute atomic E-state index is 0.151. The number of amides is 1. The van der Waals surface area contributed by atoms with Crippen molar-refractivity contribution < 1.29 is 14.3 Å². The Morgan fingerprint density at radius 2 is 2.21 bits per heavy atom. The lowest BCUT2D eigenvalue weighted by atomic mass is 9.85. The number of hydrogen-bond donors (Lipinski definition) is 0. The van der Waals surface area contributed by atoms with E-state index in [0.29, 0.717) is 18.5 Å². The minimum Gasteiger partial charge on any atom is -0.497 e. The Kier molecular flexibility index (Phi) is 4.22. The number of likely N-dealkylation sites (tertiary alicyclic amines) is 2. The Morgan fingerprint density at radius 3 is 3.00 bits per heavy atom. The summed E-state index contributed by atoms with van der Waals surface area (Å²) in [5.41, 5.74) is 0.986. The van der Waals surface area contributed by atoms with E-state index in [1.54, 1.807) is 7.11 Å². The zero-order valence-corrected chi connectivity index (χ0v) is 14.4. The predicted octanol–water partition coefficient (Wildman–Crippen LogP) is 1.91. The minimum atomic E-state index is -0.151. The first-order valence-electron chi connectivity index (χ1n) is 8.94. The fourth-order valence-electron chi connectivity index (χ4n) is 4.44. The van der Waals surface area contributed by atoms with Crippen LogP contribution in [0.25, 0.3) is 0 Å². The van der Waals surface area contributed by atoms with Crippen molar-refractivity contribution in [1.82, 2.24) is 9.80 Å². The summed E-state index contributed by atoms with van der Waals surface area (Å²) in [4.78, 5) is 17.6. The van der Waals surface area contributed by atoms with Gasteiger partial charge in [-0.05, 0) is 43.5 Å². The van der Waals surface area contributed by atoms with E-state index < -0.39 is 0 Å². The number of carbonyl (C=O) groups excluding carboxylic acids is 1. The lowest BCUT2D eigenvalue weighted by molar-refractivity contribution is -0.136. The normalized spacial score (nSPS) is 30.6. The molecule has 3 fully saturated rings. The maximum Gasteiger partial charge on any atom is 0.230 e. The van der Waals surface area contributed by atoms with Crippen molar-refractivity contribution in [3.63, 3.8) is 0 Å². The number of hydrogen-bond acceptors (Lipinski definition) is 4. The molecule has 5 nitrogen and oxygen atoms in total. The summed E-state index contributed by atoms with van der Waals surface area (Å²) in [6.07, 6.45) is 3.09. The van der Waals surface area contributed by atoms with E-state index in [1.807, 2.05) is 23.1 Å². The molecule has 1 spiro atoms. The molecule has 0 saturated carbocycles. The number of rotatable bonds is 4. The van der Waals surface area contributed by atoms with Crippen LogP contribution in [-0.2, 0) is 16.1 Å². The van der Waals surface area contributed by atoms with Crippen LogP contribution in [0.15, 0.2) is 24.3 Å². The Labute approximate surface area is 143 Å². The van der Waals surface area contributed by atoms with Gasteiger partial charge in [-0.15, -0.1) is 0 Å². The summed E-state index contributed by atoms with van der Waals surface area (Å²) in [5, 5.41) is 0. The molecule has 0 N–H and O–H groups in total. The van der Waals surface area contributed by atoms with Gasteiger partial charge in [-0.1, -0.05) is 12.1 Å². The Bertz CT molecular complexity index is 614. The fraction of sp³-hybridized carbons (Fsp3) is 0.632. The average Bonchev–Trinajstić information content (AvgIpc) is 3.33. The zero-order chi connectivity index (χ0) is 16.6. The van der Waals surface area contributed by atoms with Crippen LogP contribution in [0.5, 0.6) is 5.75 Å². The van der Waals surface area contributed by atoms with Crippen molar-refractivity contribution in [3.8, 4) is 5.75 Å². The van der Waals surface area contributed by atoms with Crippen LogP contribution < -0.4 is 4.74 Å². The topological polar surface area (TPSA) is 42.0 Å². The number of benzene rings is 1. The molecule has 0 aliphatic carbocycles. The molecule has 5 heteroatoms. The molecule has 1 aromatic rings. The van der Waals surface area contributed by atoms with E-state index in [9.17, 15) is 4.79 Å². The largest absolute Gasteiger partial charge is 0.497 e. The number of carbonyl (C=O) groups is 1. The van der Waals surface area contributed by atoms with Crippen LogP contribution in [0.2, 0.25) is 0 Å². The molecule has 0 bridgehead atoms. The van der Waals surface area contributed by atoms with Crippen molar-refractivity contribution in [2.75, 3.05) is 40.0 Å². The summed E-state index contributed by atoms with van der Waals surface area (Å²) in [6, 6.07) is 8.54. The number of ether oxygens (including phenoxy) is 2. The van der Waals surface area contributed by atoms with Gasteiger partial charge in [0.1, 0.15) is 5.75 Å². The summed E-state index contributed by atoms with van der Waals surface area (Å²) in [7, 11) is 1.68. The maximum absolute atomic E-state index is 13.1. The third kappa shape index (κ3) is 2.80. The summed E-state index contributed by atoms with van der Waals surface area (Å²) in [6.45, 7) is 5.19. The summed E-state index contributed by atoms with van der Waals surface area (Å²) < 4.78 is 10.8. The maximum atomic E-state index is 13.1. The van der Waals surface area contributed by atoms with E-state index in [4.69, 9.17) is 9.47 Å². The van der Waals surface area contributed by atoms with Crippen LogP contribution in [0.3, 0.4) is 0 Å². The van der Waals surface area contributed by atoms with Crippen LogP contribution in [0.1, 0.15) is 24.8 Å². The molecule has 3 aliphatic heterocycles. The lowest BCUT2D eigenvalue weighted by Crippen LogP contribution is -2.39. The van der Waals surface area contributed by atoms with Gasteiger partial charge in [0.2, 0.25) is 5.91 Å². The monoisotopic (exact) mass is 330 g/mol. The molecule has 1 amide bonds. The predicted molar refractivity (Wildman–Crippen MR) is 90.9 cm³/mol. The van der Waals surface area contributed by atoms with Gasteiger partial charge in [-0.25, -0.2) is 0 Å². The van der Waals surface area contributed by atoms with Gasteiger partial charge in [0, 0.05) is 32.3 Å². The standard InChI is InChI=1S/C19H26N2O3/c1-23-17-4-2-3-15(11-17)12-20-8-6-19(18(20)22)7-9-21(14-19)16-5-10-24-13-16/h2-4,11,16H,5-10,12-14H2,1H3/t16-,19+/m1/s1. The molecule has 3 aliphatic rings. The molecule has 4 rings (SSSR count). The molecule has 130 valence electrons. The highest BCUT2D eigenvalue weighted by molar-refractivity contribution is 5.85. The first-order valence-corrected chi connectivity index (χ1v) is 8.94. The van der Waals surface area contributed by atoms with E-state index in [2.05, 4.69) is 11.0 Å². The van der Waals surface area contributed by atoms with E-state index in [0.717, 1.165) is 63.4 Å². The molecule has 24 heavy (non-hydrogen) atoms. The van der Waals surface area contributed by atoms with Gasteiger partial charge in [-0.3, -0.25) is 9.69 Å². The van der Waals surface area contributed by atoms with Gasteiger partial charge >= 0.3 is 0 Å². The second kappa shape index (κ2) is 6.37. The van der Waals surface area contributed by atoms with Crippen LogP contribution in [0, 0.1) is 5.41 Å². The molecule has 1 aromatic carbocycles. The first kappa shape index (κ1) is 15.9. The average molecular weight is 330 g/mol. The van der Waals surface area contributed by atoms with E-state index in [1.165, 1.54) is 0 Å². The molecule has 3 saturated heterocycles. The van der Waals surface area contributed by atoms with Crippen molar-refractivity contribution in [2.24, 2.45) is 5.41 Å². The van der Waals surface area contributed by atoms with Crippen molar-refractivity contribution in [2.45, 2.75) is 31.8 Å². The number of methoxy groups -OCH3 is 1.